The number of nitrogens with one attached hydrogen (secondary N) is 1. The van der Waals surface area contributed by atoms with Gasteiger partial charge in [-0.05, 0) is 23.8 Å². The minimum Gasteiger partial charge on any atom is -0.309 e. The molecule has 0 aliphatic rings. The second-order valence-electron chi connectivity index (χ2n) is 6.63. The number of carbonyl (C=O) groups excluding carboxylic acids is 1. The number of nitrogens with zero attached hydrogens (tertiary/aromatic N) is 4. The van der Waals surface area contributed by atoms with E-state index in [-0.39, 0.29) is 18.0 Å². The lowest BCUT2D eigenvalue weighted by molar-refractivity contribution is -0.117. The van der Waals surface area contributed by atoms with Gasteiger partial charge in [-0.2, -0.15) is 10.2 Å². The van der Waals surface area contributed by atoms with Crippen LogP contribution in [-0.4, -0.2) is 25.5 Å². The van der Waals surface area contributed by atoms with Crippen LogP contribution in [0.4, 0.5) is 5.82 Å². The van der Waals surface area contributed by atoms with Crippen molar-refractivity contribution in [3.05, 3.63) is 99.9 Å². The Balaban J connectivity index is 1.48. The summed E-state index contributed by atoms with van der Waals surface area (Å²) in [6.45, 7) is 0.271. The molecule has 0 radical (unpaired) electrons. The smallest absolute Gasteiger partial charge is 0.267 e. The van der Waals surface area contributed by atoms with Gasteiger partial charge in [0.15, 0.2) is 0 Å². The first-order valence-corrected chi connectivity index (χ1v) is 9.66. The van der Waals surface area contributed by atoms with Crippen LogP contribution in [0.25, 0.3) is 11.3 Å². The highest BCUT2D eigenvalue weighted by Crippen LogP contribution is 2.15. The zero-order valence-corrected chi connectivity index (χ0v) is 16.7. The monoisotopic (exact) mass is 419 g/mol. The van der Waals surface area contributed by atoms with Gasteiger partial charge < -0.3 is 5.32 Å². The molecule has 0 bridgehead atoms. The predicted octanol–water partition coefficient (Wildman–Crippen LogP) is 3.45. The number of amides is 1. The molecule has 0 aliphatic heterocycles. The van der Waals surface area contributed by atoms with Crippen molar-refractivity contribution in [1.29, 1.82) is 0 Å². The van der Waals surface area contributed by atoms with Crippen LogP contribution in [0.2, 0.25) is 5.02 Å². The molecule has 0 unspecified atom stereocenters. The second-order valence-corrected chi connectivity index (χ2v) is 7.07. The molecule has 2 aromatic heterocycles. The third-order valence-electron chi connectivity index (χ3n) is 4.46. The number of hydrogen-bond acceptors (Lipinski definition) is 4. The molecule has 4 aromatic rings. The van der Waals surface area contributed by atoms with Gasteiger partial charge in [0, 0.05) is 22.7 Å². The molecule has 0 fully saturated rings. The summed E-state index contributed by atoms with van der Waals surface area (Å²) in [6, 6.07) is 21.6. The zero-order valence-electron chi connectivity index (χ0n) is 15.9. The quantitative estimate of drug-likeness (QED) is 0.519. The lowest BCUT2D eigenvalue weighted by Crippen LogP contribution is -2.30. The molecule has 0 aliphatic carbocycles. The summed E-state index contributed by atoms with van der Waals surface area (Å²) in [5.74, 6) is 0.162. The largest absolute Gasteiger partial charge is 0.309 e. The van der Waals surface area contributed by atoms with E-state index in [1.54, 1.807) is 35.1 Å². The third kappa shape index (κ3) is 4.64. The van der Waals surface area contributed by atoms with Gasteiger partial charge in [-0.25, -0.2) is 9.36 Å². The van der Waals surface area contributed by atoms with Crippen LogP contribution < -0.4 is 10.9 Å². The van der Waals surface area contributed by atoms with Gasteiger partial charge in [0.1, 0.15) is 12.4 Å². The first-order chi connectivity index (χ1) is 14.6. The number of aromatic nitrogens is 4. The van der Waals surface area contributed by atoms with Gasteiger partial charge in [0.25, 0.3) is 5.56 Å². The van der Waals surface area contributed by atoms with Gasteiger partial charge in [0.05, 0.1) is 18.4 Å². The number of halogens is 1. The van der Waals surface area contributed by atoms with Crippen LogP contribution in [-0.2, 0) is 17.9 Å². The average Bonchev–Trinajstić information content (AvgIpc) is 3.18. The SMILES string of the molecule is O=C(Cn1nc(-c2ccccc2)ccc1=O)Nc1ccnn1Cc1ccc(Cl)cc1. The summed E-state index contributed by atoms with van der Waals surface area (Å²) in [6.07, 6.45) is 1.60. The summed E-state index contributed by atoms with van der Waals surface area (Å²) < 4.78 is 2.81. The fourth-order valence-electron chi connectivity index (χ4n) is 2.97. The molecule has 1 amide bonds. The van der Waals surface area contributed by atoms with E-state index < -0.39 is 0 Å². The summed E-state index contributed by atoms with van der Waals surface area (Å²) >= 11 is 5.92. The van der Waals surface area contributed by atoms with E-state index in [1.165, 1.54) is 6.07 Å². The van der Waals surface area contributed by atoms with Crippen LogP contribution in [0.3, 0.4) is 0 Å². The zero-order chi connectivity index (χ0) is 20.9. The van der Waals surface area contributed by atoms with Crippen molar-refractivity contribution in [3.63, 3.8) is 0 Å². The number of rotatable bonds is 6. The van der Waals surface area contributed by atoms with Crippen LogP contribution >= 0.6 is 11.6 Å². The molecule has 7 nitrogen and oxygen atoms in total. The molecule has 8 heteroatoms. The Hall–Kier alpha value is -3.71. The van der Waals surface area contributed by atoms with E-state index in [2.05, 4.69) is 15.5 Å². The minimum atomic E-state index is -0.368. The van der Waals surface area contributed by atoms with E-state index in [1.807, 2.05) is 42.5 Å². The van der Waals surface area contributed by atoms with Gasteiger partial charge >= 0.3 is 0 Å². The van der Waals surface area contributed by atoms with E-state index in [0.717, 1.165) is 15.8 Å². The molecule has 1 N–H and O–H groups in total. The van der Waals surface area contributed by atoms with E-state index in [9.17, 15) is 9.59 Å². The molecule has 0 spiro atoms. The van der Waals surface area contributed by atoms with Crippen molar-refractivity contribution in [2.75, 3.05) is 5.32 Å². The molecule has 0 atom stereocenters. The number of hydrogen-bond donors (Lipinski definition) is 1. The normalized spacial score (nSPS) is 10.7. The Morgan fingerprint density at radius 3 is 2.47 bits per heavy atom. The van der Waals surface area contributed by atoms with Crippen LogP contribution in [0.15, 0.2) is 83.8 Å². The molecule has 2 aromatic carbocycles. The Morgan fingerprint density at radius 2 is 1.70 bits per heavy atom. The predicted molar refractivity (Wildman–Crippen MR) is 115 cm³/mol. The molecular formula is C22H18ClN5O2. The molecule has 2 heterocycles. The van der Waals surface area contributed by atoms with Crippen LogP contribution in [0, 0.1) is 0 Å². The lowest BCUT2D eigenvalue weighted by Gasteiger charge is -2.10. The van der Waals surface area contributed by atoms with E-state index in [0.29, 0.717) is 23.1 Å². The minimum absolute atomic E-state index is 0.203. The van der Waals surface area contributed by atoms with Gasteiger partial charge in [-0.3, -0.25) is 9.59 Å². The summed E-state index contributed by atoms with van der Waals surface area (Å²) in [7, 11) is 0. The highest BCUT2D eigenvalue weighted by Gasteiger charge is 2.11. The number of anilines is 1. The Labute approximate surface area is 177 Å². The van der Waals surface area contributed by atoms with E-state index >= 15 is 0 Å². The lowest BCUT2D eigenvalue weighted by atomic mass is 10.1. The molecule has 30 heavy (non-hydrogen) atoms. The van der Waals surface area contributed by atoms with Crippen LogP contribution in [0.5, 0.6) is 0 Å². The van der Waals surface area contributed by atoms with Gasteiger partial charge in [-0.1, -0.05) is 54.1 Å². The highest BCUT2D eigenvalue weighted by molar-refractivity contribution is 6.30. The maximum Gasteiger partial charge on any atom is 0.267 e. The Bertz CT molecular complexity index is 1220. The van der Waals surface area contributed by atoms with Crippen molar-refractivity contribution in [2.45, 2.75) is 13.1 Å². The fourth-order valence-corrected chi connectivity index (χ4v) is 3.10. The first-order valence-electron chi connectivity index (χ1n) is 9.28. The number of carbonyl (C=O) groups is 1. The summed E-state index contributed by atoms with van der Waals surface area (Å²) in [5.41, 5.74) is 2.13. The molecule has 0 saturated carbocycles. The molecule has 150 valence electrons. The summed E-state index contributed by atoms with van der Waals surface area (Å²) in [4.78, 5) is 24.7. The number of benzene rings is 2. The Kier molecular flexibility index (Phi) is 5.72. The topological polar surface area (TPSA) is 81.8 Å². The van der Waals surface area contributed by atoms with Crippen molar-refractivity contribution < 1.29 is 4.79 Å². The summed E-state index contributed by atoms with van der Waals surface area (Å²) in [5, 5.41) is 12.0. The maximum atomic E-state index is 12.6. The van der Waals surface area contributed by atoms with Crippen molar-refractivity contribution in [1.82, 2.24) is 19.6 Å². The molecule has 4 rings (SSSR count). The van der Waals surface area contributed by atoms with Crippen molar-refractivity contribution >= 4 is 23.3 Å². The molecular weight excluding hydrogens is 402 g/mol. The highest BCUT2D eigenvalue weighted by atomic mass is 35.5. The standard InChI is InChI=1S/C22H18ClN5O2/c23-18-8-6-16(7-9-18)14-27-20(12-13-24-27)25-21(29)15-28-22(30)11-10-19(26-28)17-4-2-1-3-5-17/h1-13H,14-15H2,(H,25,29). The van der Waals surface area contributed by atoms with Crippen LogP contribution in [0.1, 0.15) is 5.56 Å². The van der Waals surface area contributed by atoms with Gasteiger partial charge in [0.2, 0.25) is 5.91 Å². The molecule has 0 saturated heterocycles. The third-order valence-corrected chi connectivity index (χ3v) is 4.71. The van der Waals surface area contributed by atoms with Crippen molar-refractivity contribution in [3.8, 4) is 11.3 Å². The maximum absolute atomic E-state index is 12.6. The second kappa shape index (κ2) is 8.75. The average molecular weight is 420 g/mol. The van der Waals surface area contributed by atoms with E-state index in [4.69, 9.17) is 11.6 Å². The Morgan fingerprint density at radius 1 is 0.933 bits per heavy atom. The first kappa shape index (κ1) is 19.6. The van der Waals surface area contributed by atoms with Crippen molar-refractivity contribution in [2.24, 2.45) is 0 Å². The van der Waals surface area contributed by atoms with Gasteiger partial charge in [-0.15, -0.1) is 0 Å². The fraction of sp³-hybridized carbons (Fsp3) is 0.0909.